The fourth-order valence-electron chi connectivity index (χ4n) is 7.23. The Bertz CT molecular complexity index is 1970. The maximum absolute atomic E-state index is 15.4. The van der Waals surface area contributed by atoms with E-state index in [-0.39, 0.29) is 66.9 Å². The number of piperidine rings is 1. The molecule has 10 nitrogen and oxygen atoms in total. The van der Waals surface area contributed by atoms with Gasteiger partial charge < -0.3 is 19.4 Å². The van der Waals surface area contributed by atoms with Crippen molar-refractivity contribution in [3.63, 3.8) is 0 Å². The lowest BCUT2D eigenvalue weighted by molar-refractivity contribution is -0.136. The highest BCUT2D eigenvalue weighted by molar-refractivity contribution is 7.99. The van der Waals surface area contributed by atoms with E-state index in [1.165, 1.54) is 23.1 Å². The molecule has 3 fully saturated rings. The topological polar surface area (TPSA) is 123 Å². The van der Waals surface area contributed by atoms with Crippen molar-refractivity contribution >= 4 is 53.7 Å². The summed E-state index contributed by atoms with van der Waals surface area (Å²) in [6, 6.07) is 13.5. The number of thiol groups is 1. The third-order valence-corrected chi connectivity index (χ3v) is 11.5. The second-order valence-electron chi connectivity index (χ2n) is 13.0. The van der Waals surface area contributed by atoms with Crippen LogP contribution in [0.4, 0.5) is 14.5 Å². The SMILES string of the molecule is N#Cc1cc(F)c(N2CCN(C(=O)c3ccc(COc4cccc5c4CN([C@H]4CCC(=O)NC4=O)C5=O)c(F)c3)C3CC32)cc1CCSCCS. The number of benzene rings is 3. The van der Waals surface area contributed by atoms with E-state index >= 15 is 8.78 Å². The largest absolute Gasteiger partial charge is 0.488 e. The van der Waals surface area contributed by atoms with E-state index < -0.39 is 23.6 Å². The van der Waals surface area contributed by atoms with Crippen LogP contribution in [0.1, 0.15) is 62.2 Å². The van der Waals surface area contributed by atoms with Gasteiger partial charge in [0.05, 0.1) is 35.9 Å². The van der Waals surface area contributed by atoms with Gasteiger partial charge in [0, 0.05) is 47.5 Å². The zero-order chi connectivity index (χ0) is 35.8. The summed E-state index contributed by atoms with van der Waals surface area (Å²) >= 11 is 5.97. The smallest absolute Gasteiger partial charge is 0.255 e. The molecule has 4 amide bonds. The number of halogens is 2. The third-order valence-electron chi connectivity index (χ3n) is 9.94. The van der Waals surface area contributed by atoms with Crippen LogP contribution >= 0.6 is 24.4 Å². The van der Waals surface area contributed by atoms with Crippen LogP contribution in [0.3, 0.4) is 0 Å². The number of anilines is 1. The lowest BCUT2D eigenvalue weighted by Crippen LogP contribution is -2.52. The predicted molar refractivity (Wildman–Crippen MR) is 190 cm³/mol. The number of nitriles is 1. The Kier molecular flexibility index (Phi) is 9.94. The van der Waals surface area contributed by atoms with E-state index in [0.717, 1.165) is 22.8 Å². The van der Waals surface area contributed by atoms with Crippen molar-refractivity contribution in [3.8, 4) is 11.8 Å². The first-order chi connectivity index (χ1) is 24.7. The summed E-state index contributed by atoms with van der Waals surface area (Å²) in [6.45, 7) is 0.713. The van der Waals surface area contributed by atoms with Gasteiger partial charge in [0.1, 0.15) is 30.0 Å². The number of thioether (sulfide) groups is 1. The first-order valence-corrected chi connectivity index (χ1v) is 18.6. The zero-order valence-corrected chi connectivity index (χ0v) is 29.3. The molecular weight excluding hydrogens is 697 g/mol. The van der Waals surface area contributed by atoms with Crippen LogP contribution in [0.25, 0.3) is 0 Å². The van der Waals surface area contributed by atoms with Gasteiger partial charge in [0.2, 0.25) is 11.8 Å². The van der Waals surface area contributed by atoms with E-state index in [9.17, 15) is 24.4 Å². The van der Waals surface area contributed by atoms with Gasteiger partial charge in [0.25, 0.3) is 11.8 Å². The molecule has 0 bridgehead atoms. The van der Waals surface area contributed by atoms with Gasteiger partial charge in [-0.25, -0.2) is 8.78 Å². The molecule has 0 aromatic heterocycles. The van der Waals surface area contributed by atoms with Crippen LogP contribution in [0.5, 0.6) is 5.75 Å². The van der Waals surface area contributed by atoms with Gasteiger partial charge in [-0.15, -0.1) is 0 Å². The number of carbonyl (C=O) groups excluding carboxylic acids is 4. The molecule has 2 unspecified atom stereocenters. The molecule has 3 aliphatic heterocycles. The van der Waals surface area contributed by atoms with Crippen molar-refractivity contribution in [2.24, 2.45) is 0 Å². The average molecular weight is 732 g/mol. The fourth-order valence-corrected chi connectivity index (χ4v) is 8.32. The van der Waals surface area contributed by atoms with Gasteiger partial charge in [-0.05, 0) is 72.7 Å². The fraction of sp³-hybridized carbons (Fsp3) is 0.378. The molecular formula is C37H35F2N5O5S2. The van der Waals surface area contributed by atoms with Gasteiger partial charge in [-0.1, -0.05) is 12.1 Å². The van der Waals surface area contributed by atoms with Gasteiger partial charge >= 0.3 is 0 Å². The quantitative estimate of drug-likeness (QED) is 0.168. The Hall–Kier alpha value is -4.61. The summed E-state index contributed by atoms with van der Waals surface area (Å²) < 4.78 is 36.6. The molecule has 3 aromatic rings. The third kappa shape index (κ3) is 6.89. The molecule has 3 heterocycles. The normalized spacial score (nSPS) is 20.9. The first kappa shape index (κ1) is 34.8. The second-order valence-corrected chi connectivity index (χ2v) is 14.7. The van der Waals surface area contributed by atoms with Crippen molar-refractivity contribution in [2.45, 2.75) is 57.0 Å². The van der Waals surface area contributed by atoms with Gasteiger partial charge in [-0.2, -0.15) is 29.7 Å². The number of fused-ring (bicyclic) bond motifs is 2. The maximum Gasteiger partial charge on any atom is 0.255 e. The van der Waals surface area contributed by atoms with Crippen molar-refractivity contribution in [2.75, 3.05) is 35.2 Å². The standard InChI is InChI=1S/C37H35F2N5O5S2/c38-27-14-22(4-5-23(27)20-49-33-3-1-2-25-26(33)19-44(37(25)48)29-6-7-34(45)41-35(29)46)36(47)43-10-9-42(31-17-32(31)43)30-16-21(8-12-51-13-11-50)24(18-40)15-28(30)39/h1-5,14-16,29,31-32,50H,6-13,17,19-20H2,(H,41,45,46)/t29-,31?,32?/m0/s1. The Labute approximate surface area is 303 Å². The number of amides is 4. The molecule has 4 aliphatic rings. The first-order valence-electron chi connectivity index (χ1n) is 16.8. The predicted octanol–water partition coefficient (Wildman–Crippen LogP) is 4.49. The highest BCUT2D eigenvalue weighted by atomic mass is 32.2. The van der Waals surface area contributed by atoms with E-state index in [1.54, 1.807) is 47.0 Å². The summed E-state index contributed by atoms with van der Waals surface area (Å²) in [5.74, 6) is 0.261. The van der Waals surface area contributed by atoms with E-state index in [2.05, 4.69) is 24.0 Å². The van der Waals surface area contributed by atoms with Gasteiger partial charge in [-0.3, -0.25) is 24.5 Å². The minimum Gasteiger partial charge on any atom is -0.488 e. The maximum atomic E-state index is 15.4. The Balaban J connectivity index is 0.985. The average Bonchev–Trinajstić information content (AvgIpc) is 3.86. The number of nitrogens with zero attached hydrogens (tertiary/aromatic N) is 4. The number of nitrogens with one attached hydrogen (secondary N) is 1. The Morgan fingerprint density at radius 3 is 2.63 bits per heavy atom. The molecule has 51 heavy (non-hydrogen) atoms. The number of rotatable bonds is 11. The minimum absolute atomic E-state index is 0.0699. The number of hydrogen-bond donors (Lipinski definition) is 2. The number of imide groups is 1. The molecule has 1 N–H and O–H groups in total. The molecule has 0 radical (unpaired) electrons. The van der Waals surface area contributed by atoms with Crippen molar-refractivity contribution < 1.29 is 32.7 Å². The molecule has 14 heteroatoms. The molecule has 3 atom stereocenters. The van der Waals surface area contributed by atoms with E-state index in [0.29, 0.717) is 54.1 Å². The highest BCUT2D eigenvalue weighted by Gasteiger charge is 2.51. The van der Waals surface area contributed by atoms with Crippen LogP contribution in [0.15, 0.2) is 48.5 Å². The lowest BCUT2D eigenvalue weighted by atomic mass is 10.0. The summed E-state index contributed by atoms with van der Waals surface area (Å²) in [5, 5.41) is 11.9. The highest BCUT2D eigenvalue weighted by Crippen LogP contribution is 2.42. The molecule has 7 rings (SSSR count). The summed E-state index contributed by atoms with van der Waals surface area (Å²) in [7, 11) is 0. The van der Waals surface area contributed by atoms with Crippen molar-refractivity contribution in [1.82, 2.24) is 15.1 Å². The van der Waals surface area contributed by atoms with Crippen LogP contribution < -0.4 is 15.0 Å². The number of aryl methyl sites for hydroxylation is 1. The summed E-state index contributed by atoms with van der Waals surface area (Å²) in [6.07, 6.45) is 1.69. The van der Waals surface area contributed by atoms with Crippen molar-refractivity contribution in [1.29, 1.82) is 5.26 Å². The van der Waals surface area contributed by atoms with Crippen LogP contribution in [0, 0.1) is 23.0 Å². The molecule has 1 aliphatic carbocycles. The van der Waals surface area contributed by atoms with Crippen LogP contribution in [0.2, 0.25) is 0 Å². The second kappa shape index (κ2) is 14.6. The van der Waals surface area contributed by atoms with Crippen LogP contribution in [-0.4, -0.2) is 81.9 Å². The van der Waals surface area contributed by atoms with Crippen molar-refractivity contribution in [3.05, 3.63) is 93.5 Å². The molecule has 1 saturated carbocycles. The molecule has 3 aromatic carbocycles. The number of hydrogen-bond acceptors (Lipinski definition) is 9. The Morgan fingerprint density at radius 2 is 1.86 bits per heavy atom. The summed E-state index contributed by atoms with van der Waals surface area (Å²) in [5.41, 5.74) is 2.97. The molecule has 2 saturated heterocycles. The number of ether oxygens (including phenoxy) is 1. The molecule has 264 valence electrons. The lowest BCUT2D eigenvalue weighted by Gasteiger charge is -2.36. The number of carbonyl (C=O) groups is 4. The Morgan fingerprint density at radius 1 is 1.02 bits per heavy atom. The van der Waals surface area contributed by atoms with E-state index in [4.69, 9.17) is 4.74 Å². The molecule has 0 spiro atoms. The zero-order valence-electron chi connectivity index (χ0n) is 27.6. The number of piperazine rings is 1. The summed E-state index contributed by atoms with van der Waals surface area (Å²) in [4.78, 5) is 55.9. The van der Waals surface area contributed by atoms with E-state index in [1.807, 2.05) is 4.90 Å². The van der Waals surface area contributed by atoms with Gasteiger partial charge in [0.15, 0.2) is 0 Å². The van der Waals surface area contributed by atoms with Crippen LogP contribution in [-0.2, 0) is 29.2 Å². The monoisotopic (exact) mass is 731 g/mol. The minimum atomic E-state index is -0.765.